The van der Waals surface area contributed by atoms with E-state index >= 15 is 0 Å². The molecule has 0 bridgehead atoms. The molecule has 0 aliphatic carbocycles. The molecule has 1 N–H and O–H groups in total. The van der Waals surface area contributed by atoms with Gasteiger partial charge in [-0.1, -0.05) is 36.2 Å². The Labute approximate surface area is 130 Å². The molecule has 0 saturated carbocycles. The molecule has 1 amide bonds. The molecule has 1 aromatic carbocycles. The molecule has 0 radical (unpaired) electrons. The molecular formula is C15H20Cl2N2O. The van der Waals surface area contributed by atoms with Crippen molar-refractivity contribution in [3.8, 4) is 0 Å². The third-order valence-corrected chi connectivity index (χ3v) is 4.48. The highest BCUT2D eigenvalue weighted by Gasteiger charge is 2.26. The zero-order valence-corrected chi connectivity index (χ0v) is 13.3. The third-order valence-electron chi connectivity index (χ3n) is 3.89. The summed E-state index contributed by atoms with van der Waals surface area (Å²) in [7, 11) is 1.89. The van der Waals surface area contributed by atoms with Gasteiger partial charge in [-0.25, -0.2) is 0 Å². The monoisotopic (exact) mass is 314 g/mol. The first-order valence-electron chi connectivity index (χ1n) is 6.90. The first kappa shape index (κ1) is 15.6. The molecule has 20 heavy (non-hydrogen) atoms. The summed E-state index contributed by atoms with van der Waals surface area (Å²) in [4.78, 5) is 14.3. The van der Waals surface area contributed by atoms with Crippen LogP contribution in [0.15, 0.2) is 18.2 Å². The minimum absolute atomic E-state index is 0.0840. The Morgan fingerprint density at radius 1 is 1.50 bits per heavy atom. The van der Waals surface area contributed by atoms with Gasteiger partial charge in [-0.05, 0) is 37.1 Å². The van der Waals surface area contributed by atoms with Crippen molar-refractivity contribution in [2.45, 2.75) is 25.8 Å². The lowest BCUT2D eigenvalue weighted by atomic mass is 9.99. The Balaban J connectivity index is 1.99. The van der Waals surface area contributed by atoms with Crippen molar-refractivity contribution in [2.24, 2.45) is 5.92 Å². The molecule has 110 valence electrons. The van der Waals surface area contributed by atoms with Gasteiger partial charge >= 0.3 is 0 Å². The van der Waals surface area contributed by atoms with Crippen LogP contribution in [0.4, 0.5) is 0 Å². The van der Waals surface area contributed by atoms with Gasteiger partial charge in [0.1, 0.15) is 0 Å². The van der Waals surface area contributed by atoms with Crippen LogP contribution < -0.4 is 5.32 Å². The van der Waals surface area contributed by atoms with Gasteiger partial charge < -0.3 is 10.2 Å². The molecule has 1 aromatic rings. The molecule has 3 nitrogen and oxygen atoms in total. The van der Waals surface area contributed by atoms with Gasteiger partial charge in [-0.15, -0.1) is 0 Å². The average Bonchev–Trinajstić information content (AvgIpc) is 2.94. The van der Waals surface area contributed by atoms with E-state index in [1.807, 2.05) is 31.0 Å². The van der Waals surface area contributed by atoms with Gasteiger partial charge in [0.15, 0.2) is 0 Å². The molecule has 2 unspecified atom stereocenters. The Bertz CT molecular complexity index is 487. The van der Waals surface area contributed by atoms with Gasteiger partial charge in [0.2, 0.25) is 5.91 Å². The molecule has 2 rings (SSSR count). The lowest BCUT2D eigenvalue weighted by molar-refractivity contribution is -0.135. The molecule has 1 aliphatic rings. The maximum atomic E-state index is 12.4. The van der Waals surface area contributed by atoms with Gasteiger partial charge in [0.25, 0.3) is 0 Å². The first-order chi connectivity index (χ1) is 9.49. The van der Waals surface area contributed by atoms with Gasteiger partial charge in [0.05, 0.1) is 0 Å². The fourth-order valence-corrected chi connectivity index (χ4v) is 3.09. The zero-order chi connectivity index (χ0) is 14.7. The van der Waals surface area contributed by atoms with E-state index in [1.54, 1.807) is 6.07 Å². The number of halogens is 2. The number of amides is 1. The second kappa shape index (κ2) is 6.79. The maximum Gasteiger partial charge on any atom is 0.225 e. The second-order valence-electron chi connectivity index (χ2n) is 5.44. The number of hydrogen-bond donors (Lipinski definition) is 1. The van der Waals surface area contributed by atoms with E-state index in [1.165, 1.54) is 0 Å². The molecule has 0 aromatic heterocycles. The van der Waals surface area contributed by atoms with Gasteiger partial charge in [-0.3, -0.25) is 4.79 Å². The number of nitrogens with one attached hydrogen (secondary N) is 1. The third kappa shape index (κ3) is 3.66. The molecule has 5 heteroatoms. The number of rotatable bonds is 4. The van der Waals surface area contributed by atoms with Crippen LogP contribution in [0.3, 0.4) is 0 Å². The summed E-state index contributed by atoms with van der Waals surface area (Å²) in [6, 6.07) is 5.74. The maximum absolute atomic E-state index is 12.4. The van der Waals surface area contributed by atoms with Crippen molar-refractivity contribution in [3.05, 3.63) is 33.8 Å². The van der Waals surface area contributed by atoms with Crippen LogP contribution in [-0.4, -0.2) is 37.0 Å². The highest BCUT2D eigenvalue weighted by Crippen LogP contribution is 2.24. The number of carbonyl (C=O) groups excluding carboxylic acids is 1. The predicted molar refractivity (Wildman–Crippen MR) is 83.4 cm³/mol. The predicted octanol–water partition coefficient (Wildman–Crippen LogP) is 2.99. The fourth-order valence-electron chi connectivity index (χ4n) is 2.60. The van der Waals surface area contributed by atoms with E-state index in [0.717, 1.165) is 25.1 Å². The van der Waals surface area contributed by atoms with Crippen LogP contribution in [0.25, 0.3) is 0 Å². The van der Waals surface area contributed by atoms with Crippen molar-refractivity contribution in [2.75, 3.05) is 20.1 Å². The van der Waals surface area contributed by atoms with E-state index in [9.17, 15) is 4.79 Å². The van der Waals surface area contributed by atoms with Crippen molar-refractivity contribution >= 4 is 29.1 Å². The zero-order valence-electron chi connectivity index (χ0n) is 11.8. The number of likely N-dealkylation sites (N-methyl/N-ethyl adjacent to an activating group) is 1. The van der Waals surface area contributed by atoms with E-state index in [0.29, 0.717) is 22.5 Å². The normalized spacial score (nSPS) is 19.9. The summed E-state index contributed by atoms with van der Waals surface area (Å²) in [5.74, 6) is 0.0870. The summed E-state index contributed by atoms with van der Waals surface area (Å²) >= 11 is 12.1. The number of carbonyl (C=O) groups is 1. The smallest absolute Gasteiger partial charge is 0.225 e. The number of benzene rings is 1. The number of hydrogen-bond acceptors (Lipinski definition) is 2. The van der Waals surface area contributed by atoms with Gasteiger partial charge in [0, 0.05) is 35.6 Å². The quantitative estimate of drug-likeness (QED) is 0.926. The summed E-state index contributed by atoms with van der Waals surface area (Å²) < 4.78 is 0. The molecule has 0 spiro atoms. The standard InChI is InChI=1S/C15H20Cl2N2O/c1-10(7-11-3-4-12(16)8-14(11)17)15(20)19(2)13-5-6-18-9-13/h3-4,8,10,13,18H,5-7,9H2,1-2H3. The van der Waals surface area contributed by atoms with Crippen molar-refractivity contribution in [1.29, 1.82) is 0 Å². The lowest BCUT2D eigenvalue weighted by Crippen LogP contribution is -2.41. The lowest BCUT2D eigenvalue weighted by Gasteiger charge is -2.27. The first-order valence-corrected chi connectivity index (χ1v) is 7.66. The van der Waals surface area contributed by atoms with Gasteiger partial charge in [-0.2, -0.15) is 0 Å². The van der Waals surface area contributed by atoms with Crippen molar-refractivity contribution in [3.63, 3.8) is 0 Å². The Kier molecular flexibility index (Phi) is 5.30. The van der Waals surface area contributed by atoms with E-state index < -0.39 is 0 Å². The fraction of sp³-hybridized carbons (Fsp3) is 0.533. The summed E-state index contributed by atoms with van der Waals surface area (Å²) in [6.45, 7) is 3.82. The average molecular weight is 315 g/mol. The largest absolute Gasteiger partial charge is 0.341 e. The van der Waals surface area contributed by atoms with E-state index in [-0.39, 0.29) is 11.8 Å². The molecule has 1 saturated heterocycles. The Morgan fingerprint density at radius 3 is 2.85 bits per heavy atom. The Morgan fingerprint density at radius 2 is 2.25 bits per heavy atom. The highest BCUT2D eigenvalue weighted by atomic mass is 35.5. The Hall–Kier alpha value is -0.770. The van der Waals surface area contributed by atoms with Crippen LogP contribution in [0, 0.1) is 5.92 Å². The van der Waals surface area contributed by atoms with Crippen molar-refractivity contribution in [1.82, 2.24) is 10.2 Å². The highest BCUT2D eigenvalue weighted by molar-refractivity contribution is 6.35. The summed E-state index contributed by atoms with van der Waals surface area (Å²) in [6.07, 6.45) is 1.66. The summed E-state index contributed by atoms with van der Waals surface area (Å²) in [5, 5.41) is 4.53. The SMILES string of the molecule is CC(Cc1ccc(Cl)cc1Cl)C(=O)N(C)C1CCNC1. The van der Waals surface area contributed by atoms with E-state index in [4.69, 9.17) is 23.2 Å². The molecule has 2 atom stereocenters. The van der Waals surface area contributed by atoms with Crippen LogP contribution in [0.5, 0.6) is 0 Å². The summed E-state index contributed by atoms with van der Waals surface area (Å²) in [5.41, 5.74) is 0.967. The molecule has 1 heterocycles. The van der Waals surface area contributed by atoms with Crippen LogP contribution in [-0.2, 0) is 11.2 Å². The number of nitrogens with zero attached hydrogens (tertiary/aromatic N) is 1. The molecule has 1 fully saturated rings. The van der Waals surface area contributed by atoms with Crippen LogP contribution >= 0.6 is 23.2 Å². The second-order valence-corrected chi connectivity index (χ2v) is 6.28. The van der Waals surface area contributed by atoms with Crippen LogP contribution in [0.2, 0.25) is 10.0 Å². The molecule has 1 aliphatic heterocycles. The van der Waals surface area contributed by atoms with E-state index in [2.05, 4.69) is 5.32 Å². The van der Waals surface area contributed by atoms with Crippen molar-refractivity contribution < 1.29 is 4.79 Å². The topological polar surface area (TPSA) is 32.3 Å². The molecular weight excluding hydrogens is 295 g/mol. The minimum Gasteiger partial charge on any atom is -0.341 e. The van der Waals surface area contributed by atoms with Crippen LogP contribution in [0.1, 0.15) is 18.9 Å². The minimum atomic E-state index is -0.0840.